The third-order valence-electron chi connectivity index (χ3n) is 3.58. The van der Waals surface area contributed by atoms with Gasteiger partial charge in [-0.2, -0.15) is 0 Å². The summed E-state index contributed by atoms with van der Waals surface area (Å²) in [7, 11) is 0. The zero-order chi connectivity index (χ0) is 18.7. The normalized spacial score (nSPS) is 14.3. The lowest BCUT2D eigenvalue weighted by atomic mass is 10.0. The molecule has 9 heteroatoms. The van der Waals surface area contributed by atoms with Crippen LogP contribution in [-0.2, 0) is 14.3 Å². The number of fused-ring (bicyclic) bond motifs is 1. The highest BCUT2D eigenvalue weighted by Gasteiger charge is 2.44. The molecule has 0 aromatic heterocycles. The molecule has 3 N–H and O–H groups in total. The highest BCUT2D eigenvalue weighted by Crippen LogP contribution is 2.27. The largest absolute Gasteiger partial charge is 0.454 e. The van der Waals surface area contributed by atoms with Gasteiger partial charge in [-0.25, -0.2) is 9.59 Å². The molecule has 1 aliphatic rings. The van der Waals surface area contributed by atoms with Crippen LogP contribution in [0.5, 0.6) is 0 Å². The zero-order valence-electron chi connectivity index (χ0n) is 13.6. The van der Waals surface area contributed by atoms with Gasteiger partial charge in [-0.15, -0.1) is 0 Å². The van der Waals surface area contributed by atoms with E-state index in [-0.39, 0.29) is 11.1 Å². The predicted octanol–water partition coefficient (Wildman–Crippen LogP) is 0.0453. The summed E-state index contributed by atoms with van der Waals surface area (Å²) in [6.07, 6.45) is 0. The van der Waals surface area contributed by atoms with Crippen LogP contribution in [0.1, 0.15) is 34.6 Å². The number of hydrogen-bond donors (Lipinski definition) is 2. The number of imide groups is 2. The Balaban J connectivity index is 2.18. The molecule has 0 radical (unpaired) electrons. The first-order valence-corrected chi connectivity index (χ1v) is 7.47. The Hall–Kier alpha value is -3.23. The highest BCUT2D eigenvalue weighted by atomic mass is 16.5. The van der Waals surface area contributed by atoms with Gasteiger partial charge in [0.2, 0.25) is 0 Å². The van der Waals surface area contributed by atoms with Crippen LogP contribution in [-0.4, -0.2) is 47.3 Å². The van der Waals surface area contributed by atoms with Crippen LogP contribution in [0.3, 0.4) is 0 Å². The summed E-state index contributed by atoms with van der Waals surface area (Å²) in [5.41, 5.74) is 5.20. The average Bonchev–Trinajstić information content (AvgIpc) is 2.78. The zero-order valence-corrected chi connectivity index (χ0v) is 13.6. The van der Waals surface area contributed by atoms with Crippen molar-refractivity contribution in [3.63, 3.8) is 0 Å². The average molecular weight is 347 g/mol. The Kier molecular flexibility index (Phi) is 5.16. The number of ether oxygens (including phenoxy) is 1. The van der Waals surface area contributed by atoms with Crippen molar-refractivity contribution in [2.45, 2.75) is 19.9 Å². The number of carbonyl (C=O) groups excluding carboxylic acids is 5. The van der Waals surface area contributed by atoms with E-state index in [1.807, 2.05) is 0 Å². The molecule has 9 nitrogen and oxygen atoms in total. The third-order valence-corrected chi connectivity index (χ3v) is 3.58. The second kappa shape index (κ2) is 7.12. The number of rotatable bonds is 5. The molecular formula is C16H17N3O6. The maximum Gasteiger partial charge on any atom is 0.330 e. The smallest absolute Gasteiger partial charge is 0.330 e. The fraction of sp³-hybridized carbons (Fsp3) is 0.312. The molecule has 1 aromatic carbocycles. The van der Waals surface area contributed by atoms with Crippen LogP contribution in [0.4, 0.5) is 4.79 Å². The molecule has 2 rings (SSSR count). The number of nitrogens with two attached hydrogens (primary N) is 1. The van der Waals surface area contributed by atoms with Gasteiger partial charge < -0.3 is 10.5 Å². The third kappa shape index (κ3) is 3.65. The summed E-state index contributed by atoms with van der Waals surface area (Å²) in [6.45, 7) is 2.52. The van der Waals surface area contributed by atoms with Crippen molar-refractivity contribution in [1.29, 1.82) is 0 Å². The summed E-state index contributed by atoms with van der Waals surface area (Å²) >= 11 is 0. The van der Waals surface area contributed by atoms with Crippen molar-refractivity contribution in [2.24, 2.45) is 11.7 Å². The second-order valence-electron chi connectivity index (χ2n) is 5.73. The highest BCUT2D eigenvalue weighted by molar-refractivity contribution is 6.22. The van der Waals surface area contributed by atoms with Crippen LogP contribution < -0.4 is 11.1 Å². The Morgan fingerprint density at radius 3 is 2.08 bits per heavy atom. The number of carbonyl (C=O) groups is 5. The monoisotopic (exact) mass is 347 g/mol. The van der Waals surface area contributed by atoms with Gasteiger partial charge in [0, 0.05) is 0 Å². The number of benzene rings is 1. The van der Waals surface area contributed by atoms with Crippen molar-refractivity contribution in [3.8, 4) is 0 Å². The molecule has 0 saturated heterocycles. The van der Waals surface area contributed by atoms with Crippen LogP contribution >= 0.6 is 0 Å². The molecule has 5 amide bonds. The summed E-state index contributed by atoms with van der Waals surface area (Å²) in [4.78, 5) is 60.1. The summed E-state index contributed by atoms with van der Waals surface area (Å²) in [5.74, 6) is -3.49. The van der Waals surface area contributed by atoms with Crippen molar-refractivity contribution < 1.29 is 28.7 Å². The van der Waals surface area contributed by atoms with E-state index in [1.165, 1.54) is 12.1 Å². The molecule has 1 aromatic rings. The number of urea groups is 1. The van der Waals surface area contributed by atoms with Crippen molar-refractivity contribution in [2.75, 3.05) is 6.61 Å². The van der Waals surface area contributed by atoms with Crippen LogP contribution in [0.25, 0.3) is 0 Å². The summed E-state index contributed by atoms with van der Waals surface area (Å²) in [5, 5.41) is 1.74. The molecule has 0 aliphatic carbocycles. The quantitative estimate of drug-likeness (QED) is 0.570. The van der Waals surface area contributed by atoms with Crippen molar-refractivity contribution in [1.82, 2.24) is 10.2 Å². The van der Waals surface area contributed by atoms with Crippen molar-refractivity contribution in [3.05, 3.63) is 35.4 Å². The van der Waals surface area contributed by atoms with E-state index in [2.05, 4.69) is 0 Å². The SMILES string of the molecule is CC(C)[C@H](C(=O)OCC(=O)NC(N)=O)N1C(=O)c2ccccc2C1=O. The maximum absolute atomic E-state index is 12.5. The van der Waals surface area contributed by atoms with E-state index >= 15 is 0 Å². The molecule has 0 saturated carbocycles. The molecule has 0 spiro atoms. The first kappa shape index (κ1) is 18.1. The number of amides is 5. The Morgan fingerprint density at radius 1 is 1.12 bits per heavy atom. The van der Waals surface area contributed by atoms with E-state index in [0.717, 1.165) is 4.90 Å². The van der Waals surface area contributed by atoms with Gasteiger partial charge in [0.25, 0.3) is 17.7 Å². The van der Waals surface area contributed by atoms with Gasteiger partial charge in [0.1, 0.15) is 6.04 Å². The van der Waals surface area contributed by atoms with E-state index in [0.29, 0.717) is 0 Å². The lowest BCUT2D eigenvalue weighted by molar-refractivity contribution is -0.153. The van der Waals surface area contributed by atoms with Gasteiger partial charge in [0.05, 0.1) is 11.1 Å². The van der Waals surface area contributed by atoms with E-state index in [1.54, 1.807) is 31.3 Å². The first-order valence-electron chi connectivity index (χ1n) is 7.47. The van der Waals surface area contributed by atoms with E-state index in [4.69, 9.17) is 10.5 Å². The van der Waals surface area contributed by atoms with E-state index < -0.39 is 48.3 Å². The topological polar surface area (TPSA) is 136 Å². The summed E-state index contributed by atoms with van der Waals surface area (Å²) in [6, 6.07) is 3.95. The number of esters is 1. The molecular weight excluding hydrogens is 330 g/mol. The second-order valence-corrected chi connectivity index (χ2v) is 5.73. The van der Waals surface area contributed by atoms with Gasteiger partial charge >= 0.3 is 12.0 Å². The fourth-order valence-corrected chi connectivity index (χ4v) is 2.53. The Labute approximate surface area is 143 Å². The summed E-state index contributed by atoms with van der Waals surface area (Å²) < 4.78 is 4.83. The number of nitrogens with zero attached hydrogens (tertiary/aromatic N) is 1. The number of nitrogens with one attached hydrogen (secondary N) is 1. The molecule has 25 heavy (non-hydrogen) atoms. The van der Waals surface area contributed by atoms with Crippen LogP contribution in [0, 0.1) is 5.92 Å². The van der Waals surface area contributed by atoms with E-state index in [9.17, 15) is 24.0 Å². The van der Waals surface area contributed by atoms with Gasteiger partial charge in [-0.3, -0.25) is 24.6 Å². The number of hydrogen-bond acceptors (Lipinski definition) is 6. The van der Waals surface area contributed by atoms with Gasteiger partial charge in [0.15, 0.2) is 6.61 Å². The molecule has 1 atom stereocenters. The minimum absolute atomic E-state index is 0.206. The Morgan fingerprint density at radius 2 is 1.64 bits per heavy atom. The molecule has 0 fully saturated rings. The maximum atomic E-state index is 12.5. The fourth-order valence-electron chi connectivity index (χ4n) is 2.53. The molecule has 1 aliphatic heterocycles. The van der Waals surface area contributed by atoms with Gasteiger partial charge in [-0.05, 0) is 18.1 Å². The Bertz CT molecular complexity index is 723. The first-order chi connectivity index (χ1) is 11.7. The lowest BCUT2D eigenvalue weighted by Crippen LogP contribution is -2.49. The minimum Gasteiger partial charge on any atom is -0.454 e. The van der Waals surface area contributed by atoms with Gasteiger partial charge in [-0.1, -0.05) is 26.0 Å². The minimum atomic E-state index is -1.20. The van der Waals surface area contributed by atoms with Crippen LogP contribution in [0.15, 0.2) is 24.3 Å². The number of primary amides is 1. The lowest BCUT2D eigenvalue weighted by Gasteiger charge is -2.27. The molecule has 0 bridgehead atoms. The van der Waals surface area contributed by atoms with Crippen molar-refractivity contribution >= 4 is 29.7 Å². The standard InChI is InChI=1S/C16H17N3O6/c1-8(2)12(15(23)25-7-11(20)18-16(17)24)19-13(21)9-5-3-4-6-10(9)14(19)22/h3-6,8,12H,7H2,1-2H3,(H3,17,18,20,24)/t12-/m1/s1. The van der Waals surface area contributed by atoms with Crippen LogP contribution in [0.2, 0.25) is 0 Å². The molecule has 132 valence electrons. The predicted molar refractivity (Wildman–Crippen MR) is 84.3 cm³/mol. The molecule has 1 heterocycles. The molecule has 0 unspecified atom stereocenters.